The zero-order valence-electron chi connectivity index (χ0n) is 20.9. The Bertz CT molecular complexity index is 1010. The normalized spacial score (nSPS) is 21.7. The number of hydrazine groups is 1. The lowest BCUT2D eigenvalue weighted by Gasteiger charge is -2.42. The predicted octanol–water partition coefficient (Wildman–Crippen LogP) is 2.86. The molecule has 0 bridgehead atoms. The maximum Gasteiger partial charge on any atom is 0.239 e. The van der Waals surface area contributed by atoms with Crippen molar-refractivity contribution in [3.8, 4) is 5.88 Å². The first kappa shape index (κ1) is 23.6. The van der Waals surface area contributed by atoms with Gasteiger partial charge in [0.2, 0.25) is 11.8 Å². The van der Waals surface area contributed by atoms with Gasteiger partial charge in [0.05, 0.1) is 30.9 Å². The number of methoxy groups -OCH3 is 1. The number of hydrogen-bond donors (Lipinski definition) is 2. The Kier molecular flexibility index (Phi) is 6.64. The van der Waals surface area contributed by atoms with E-state index >= 15 is 0 Å². The number of hydroxylamine groups is 2. The minimum absolute atomic E-state index is 0.0163. The van der Waals surface area contributed by atoms with Gasteiger partial charge in [0, 0.05) is 45.2 Å². The number of fused-ring (bicyclic) bond motifs is 1. The molecular weight excluding hydrogens is 446 g/mol. The molecule has 35 heavy (non-hydrogen) atoms. The number of ether oxygens (including phenoxy) is 1. The van der Waals surface area contributed by atoms with E-state index < -0.39 is 0 Å². The Balaban J connectivity index is 1.36. The number of rotatable bonds is 5. The molecule has 0 atom stereocenters. The van der Waals surface area contributed by atoms with Gasteiger partial charge in [-0.25, -0.2) is 0 Å². The number of carbonyl (C=O) groups excluding carboxylic acids is 1. The number of piperidine rings is 1. The van der Waals surface area contributed by atoms with E-state index in [9.17, 15) is 10.0 Å². The van der Waals surface area contributed by atoms with Gasteiger partial charge in [0.25, 0.3) is 0 Å². The van der Waals surface area contributed by atoms with E-state index in [2.05, 4.69) is 15.6 Å². The lowest BCUT2D eigenvalue weighted by molar-refractivity contribution is -0.119. The summed E-state index contributed by atoms with van der Waals surface area (Å²) >= 11 is 0. The number of nitrogens with one attached hydrogen (secondary N) is 2. The maximum absolute atomic E-state index is 13.3. The van der Waals surface area contributed by atoms with Crippen LogP contribution in [0.4, 0.5) is 11.5 Å². The molecule has 1 saturated heterocycles. The molecule has 10 heteroatoms. The Labute approximate surface area is 207 Å². The Morgan fingerprint density at radius 1 is 1.17 bits per heavy atom. The van der Waals surface area contributed by atoms with Gasteiger partial charge in [0.1, 0.15) is 11.5 Å². The molecule has 10 nitrogen and oxygen atoms in total. The topological polar surface area (TPSA) is 99.3 Å². The van der Waals surface area contributed by atoms with E-state index in [1.807, 2.05) is 35.3 Å². The fraction of sp³-hybridized carbons (Fsp3) is 0.600. The van der Waals surface area contributed by atoms with E-state index in [1.165, 1.54) is 19.3 Å². The number of likely N-dealkylation sites (N-methyl/N-ethyl adjacent to an activating group) is 1. The molecule has 1 aliphatic carbocycles. The van der Waals surface area contributed by atoms with Crippen molar-refractivity contribution in [1.82, 2.24) is 25.8 Å². The Morgan fingerprint density at radius 2 is 1.91 bits per heavy atom. The number of amides is 1. The third kappa shape index (κ3) is 4.71. The summed E-state index contributed by atoms with van der Waals surface area (Å²) in [5.74, 6) is 1.77. The first-order chi connectivity index (χ1) is 16.9. The van der Waals surface area contributed by atoms with Crippen LogP contribution in [0.5, 0.6) is 5.88 Å². The number of anilines is 2. The largest absolute Gasteiger partial charge is 0.757 e. The smallest absolute Gasteiger partial charge is 0.239 e. The second kappa shape index (κ2) is 9.85. The minimum Gasteiger partial charge on any atom is -0.757 e. The molecule has 190 valence electrons. The first-order valence-corrected chi connectivity index (χ1v) is 12.7. The predicted molar refractivity (Wildman–Crippen MR) is 135 cm³/mol. The number of hydrogen-bond acceptors (Lipinski definition) is 9. The molecule has 4 heterocycles. The van der Waals surface area contributed by atoms with E-state index in [0.29, 0.717) is 11.8 Å². The van der Waals surface area contributed by atoms with Gasteiger partial charge in [-0.3, -0.25) is 9.80 Å². The summed E-state index contributed by atoms with van der Waals surface area (Å²) in [4.78, 5) is 20.2. The van der Waals surface area contributed by atoms with Crippen LogP contribution >= 0.6 is 0 Å². The summed E-state index contributed by atoms with van der Waals surface area (Å²) in [6.45, 7) is 3.38. The van der Waals surface area contributed by atoms with Gasteiger partial charge < -0.3 is 35.5 Å². The minimum atomic E-state index is 0.0163. The fourth-order valence-corrected chi connectivity index (χ4v) is 5.73. The summed E-state index contributed by atoms with van der Waals surface area (Å²) in [7, 11) is 3.57. The Hall–Kier alpha value is -3.14. The molecule has 1 amide bonds. The van der Waals surface area contributed by atoms with Crippen LogP contribution in [-0.4, -0.2) is 60.9 Å². The van der Waals surface area contributed by atoms with Gasteiger partial charge in [-0.1, -0.05) is 19.3 Å². The van der Waals surface area contributed by atoms with Crippen molar-refractivity contribution in [3.05, 3.63) is 40.6 Å². The van der Waals surface area contributed by atoms with Gasteiger partial charge in [-0.05, 0) is 37.8 Å². The molecule has 0 radical (unpaired) electrons. The number of nitrogens with zero attached hydrogens (tertiary/aromatic N) is 5. The Morgan fingerprint density at radius 3 is 2.60 bits per heavy atom. The molecule has 1 saturated carbocycles. The lowest BCUT2D eigenvalue weighted by atomic mass is 9.86. The average Bonchev–Trinajstić information content (AvgIpc) is 3.21. The molecule has 1 aromatic rings. The van der Waals surface area contributed by atoms with Crippen molar-refractivity contribution >= 4 is 17.4 Å². The first-order valence-electron chi connectivity index (χ1n) is 12.7. The monoisotopic (exact) mass is 482 g/mol. The molecule has 1 aromatic heterocycles. The number of pyridine rings is 1. The highest BCUT2D eigenvalue weighted by atomic mass is 16.5. The van der Waals surface area contributed by atoms with Crippen LogP contribution in [0.2, 0.25) is 0 Å². The van der Waals surface area contributed by atoms with Crippen molar-refractivity contribution in [2.75, 3.05) is 43.7 Å². The summed E-state index contributed by atoms with van der Waals surface area (Å²) in [6.07, 6.45) is 9.76. The van der Waals surface area contributed by atoms with Crippen LogP contribution in [-0.2, 0) is 4.79 Å². The number of carbonyl (C=O) groups is 1. The molecular formula is C25H36N7O3-. The fourth-order valence-electron chi connectivity index (χ4n) is 5.73. The summed E-state index contributed by atoms with van der Waals surface area (Å²) in [5, 5.41) is 19.3. The second-order valence-electron chi connectivity index (χ2n) is 9.93. The van der Waals surface area contributed by atoms with E-state index in [1.54, 1.807) is 14.0 Å². The van der Waals surface area contributed by atoms with Crippen LogP contribution in [0.3, 0.4) is 0 Å². The van der Waals surface area contributed by atoms with Gasteiger partial charge in [0.15, 0.2) is 0 Å². The average molecular weight is 483 g/mol. The highest BCUT2D eigenvalue weighted by Crippen LogP contribution is 2.40. The van der Waals surface area contributed by atoms with E-state index in [-0.39, 0.29) is 18.6 Å². The van der Waals surface area contributed by atoms with E-state index in [4.69, 9.17) is 9.72 Å². The molecule has 0 unspecified atom stereocenters. The van der Waals surface area contributed by atoms with Crippen LogP contribution in [0, 0.1) is 11.1 Å². The van der Waals surface area contributed by atoms with Crippen LogP contribution in [0.15, 0.2) is 35.4 Å². The van der Waals surface area contributed by atoms with Gasteiger partial charge in [-0.15, -0.1) is 0 Å². The van der Waals surface area contributed by atoms with Crippen molar-refractivity contribution < 1.29 is 9.53 Å². The van der Waals surface area contributed by atoms with Crippen LogP contribution < -0.4 is 25.3 Å². The highest BCUT2D eigenvalue weighted by molar-refractivity contribution is 5.73. The van der Waals surface area contributed by atoms with Gasteiger partial charge >= 0.3 is 0 Å². The zero-order valence-corrected chi connectivity index (χ0v) is 20.9. The van der Waals surface area contributed by atoms with Crippen molar-refractivity contribution in [3.63, 3.8) is 0 Å². The SMILES string of the molecule is COc1nc(N2CCC(NC(C)=O)CC2)ccc1N1C=C2C(=C(C3CCCCC3)NN2C)N([O-])C1. The van der Waals surface area contributed by atoms with Crippen molar-refractivity contribution in [1.29, 1.82) is 0 Å². The highest BCUT2D eigenvalue weighted by Gasteiger charge is 2.34. The number of aromatic nitrogens is 1. The molecule has 2 fully saturated rings. The summed E-state index contributed by atoms with van der Waals surface area (Å²) in [6, 6.07) is 4.18. The maximum atomic E-state index is 13.3. The van der Waals surface area contributed by atoms with Crippen LogP contribution in [0.25, 0.3) is 0 Å². The quantitative estimate of drug-likeness (QED) is 0.656. The summed E-state index contributed by atoms with van der Waals surface area (Å²) < 4.78 is 5.67. The van der Waals surface area contributed by atoms with Crippen molar-refractivity contribution in [2.45, 2.75) is 57.9 Å². The van der Waals surface area contributed by atoms with Crippen molar-refractivity contribution in [2.24, 2.45) is 5.92 Å². The third-order valence-electron chi connectivity index (χ3n) is 7.52. The van der Waals surface area contributed by atoms with Gasteiger partial charge in [-0.2, -0.15) is 4.98 Å². The molecule has 0 spiro atoms. The zero-order chi connectivity index (χ0) is 24.5. The lowest BCUT2D eigenvalue weighted by Crippen LogP contribution is -2.44. The summed E-state index contributed by atoms with van der Waals surface area (Å²) in [5.41, 5.74) is 6.93. The third-order valence-corrected chi connectivity index (χ3v) is 7.52. The standard InChI is InChI=1S/C25H36N7O3/c1-17(33)26-19-11-13-30(14-12-19)22-10-9-20(25(27-22)35-3)31-15-21-24(32(34)16-31)23(28-29(21)2)18-7-5-4-6-8-18/h9-10,15,18-19,28H,4-8,11-14,16H2,1-3H3,(H,26,33)/q-1. The second-order valence-corrected chi connectivity index (χ2v) is 9.93. The molecule has 2 N–H and O–H groups in total. The molecule has 5 rings (SSSR count). The molecule has 0 aromatic carbocycles. The molecule has 3 aliphatic heterocycles. The molecule has 4 aliphatic rings. The number of allylic oxidation sites excluding steroid dienone is 1. The van der Waals surface area contributed by atoms with Crippen LogP contribution in [0.1, 0.15) is 51.9 Å². The van der Waals surface area contributed by atoms with E-state index in [0.717, 1.165) is 72.4 Å².